The van der Waals surface area contributed by atoms with Crippen molar-refractivity contribution in [3.05, 3.63) is 60.0 Å². The first-order chi connectivity index (χ1) is 10.7. The topological polar surface area (TPSA) is 48.2 Å². The molecule has 1 heterocycles. The Kier molecular flexibility index (Phi) is 4.02. The van der Waals surface area contributed by atoms with Crippen LogP contribution in [0.2, 0.25) is 0 Å². The second-order valence-corrected chi connectivity index (χ2v) is 5.21. The molecule has 0 aliphatic carbocycles. The van der Waals surface area contributed by atoms with Crippen LogP contribution in [-0.4, -0.2) is 17.3 Å². The Morgan fingerprint density at radius 1 is 0.955 bits per heavy atom. The highest BCUT2D eigenvalue weighted by Crippen LogP contribution is 2.28. The van der Waals surface area contributed by atoms with Crippen molar-refractivity contribution in [1.82, 2.24) is 10.2 Å². The van der Waals surface area contributed by atoms with Gasteiger partial charge in [-0.05, 0) is 41.8 Å². The van der Waals surface area contributed by atoms with Gasteiger partial charge in [0.25, 0.3) is 0 Å². The molecule has 112 valence electrons. The normalized spacial score (nSPS) is 12.3. The van der Waals surface area contributed by atoms with Crippen LogP contribution in [0.4, 0.5) is 0 Å². The summed E-state index contributed by atoms with van der Waals surface area (Å²) in [6.45, 7) is 3.83. The number of rotatable bonds is 4. The Balaban J connectivity index is 1.99. The summed E-state index contributed by atoms with van der Waals surface area (Å²) in [6, 6.07) is 16.4. The Bertz CT molecular complexity index is 780. The van der Waals surface area contributed by atoms with Crippen molar-refractivity contribution in [3.63, 3.8) is 0 Å². The number of hydrogen-bond acceptors (Lipinski definition) is 4. The molecular formula is C18H18N2O2. The number of aryl methyl sites for hydroxylation is 1. The molecule has 0 radical (unpaired) electrons. The number of hydrogen-bond donors (Lipinski definition) is 0. The number of nitrogens with zero attached hydrogens (tertiary/aromatic N) is 2. The molecule has 22 heavy (non-hydrogen) atoms. The molecule has 0 amide bonds. The highest BCUT2D eigenvalue weighted by atomic mass is 16.5. The summed E-state index contributed by atoms with van der Waals surface area (Å²) in [5, 5.41) is 7.95. The van der Waals surface area contributed by atoms with E-state index in [1.165, 1.54) is 0 Å². The molecule has 0 N–H and O–H groups in total. The van der Waals surface area contributed by atoms with Gasteiger partial charge >= 0.3 is 0 Å². The van der Waals surface area contributed by atoms with Gasteiger partial charge in [-0.25, -0.2) is 0 Å². The summed E-state index contributed by atoms with van der Waals surface area (Å²) in [6.07, 6.45) is 0.0710. The van der Waals surface area contributed by atoms with E-state index in [9.17, 15) is 0 Å². The van der Waals surface area contributed by atoms with Crippen molar-refractivity contribution in [2.75, 3.05) is 7.11 Å². The minimum Gasteiger partial charge on any atom is -0.421 e. The van der Waals surface area contributed by atoms with Gasteiger partial charge in [0.2, 0.25) is 11.8 Å². The fraction of sp³-hybridized carbons (Fsp3) is 0.222. The summed E-state index contributed by atoms with van der Waals surface area (Å²) in [5.41, 5.74) is 4.32. The predicted molar refractivity (Wildman–Crippen MR) is 85.3 cm³/mol. The molecule has 3 aromatic rings. The molecule has 0 saturated carbocycles. The summed E-state index contributed by atoms with van der Waals surface area (Å²) in [4.78, 5) is 0. The quantitative estimate of drug-likeness (QED) is 0.714. The van der Waals surface area contributed by atoms with Crippen molar-refractivity contribution in [2.45, 2.75) is 20.0 Å². The zero-order valence-electron chi connectivity index (χ0n) is 12.9. The van der Waals surface area contributed by atoms with Gasteiger partial charge < -0.3 is 9.15 Å². The molecule has 0 unspecified atom stereocenters. The Labute approximate surface area is 129 Å². The van der Waals surface area contributed by atoms with Crippen LogP contribution in [0.15, 0.2) is 52.9 Å². The Morgan fingerprint density at radius 2 is 1.64 bits per heavy atom. The first kappa shape index (κ1) is 14.5. The van der Waals surface area contributed by atoms with Gasteiger partial charge in [-0.15, -0.1) is 10.2 Å². The van der Waals surface area contributed by atoms with Crippen molar-refractivity contribution >= 4 is 0 Å². The van der Waals surface area contributed by atoms with Gasteiger partial charge in [-0.3, -0.25) is 0 Å². The molecule has 1 atom stereocenters. The lowest BCUT2D eigenvalue weighted by molar-refractivity contribution is 0.119. The molecule has 1 aromatic heterocycles. The van der Waals surface area contributed by atoms with Crippen LogP contribution in [0.3, 0.4) is 0 Å². The van der Waals surface area contributed by atoms with Gasteiger partial charge in [-0.1, -0.05) is 30.3 Å². The second-order valence-electron chi connectivity index (χ2n) is 5.21. The fourth-order valence-electron chi connectivity index (χ4n) is 2.35. The summed E-state index contributed by atoms with van der Waals surface area (Å²) in [7, 11) is 1.72. The van der Waals surface area contributed by atoms with Crippen LogP contribution in [0.1, 0.15) is 24.5 Å². The molecule has 4 nitrogen and oxygen atoms in total. The van der Waals surface area contributed by atoms with E-state index in [2.05, 4.69) is 40.5 Å². The Hall–Kier alpha value is -2.46. The minimum absolute atomic E-state index is 0.0710. The SMILES string of the molecule is CO[C@H](C)c1cccc(-c2cccc(-c3nnc(C)o3)c2)c1. The summed E-state index contributed by atoms with van der Waals surface area (Å²) < 4.78 is 10.9. The molecular weight excluding hydrogens is 276 g/mol. The zero-order chi connectivity index (χ0) is 15.5. The maximum Gasteiger partial charge on any atom is 0.247 e. The van der Waals surface area contributed by atoms with E-state index in [0.29, 0.717) is 11.8 Å². The van der Waals surface area contributed by atoms with E-state index in [1.807, 2.05) is 25.1 Å². The van der Waals surface area contributed by atoms with Crippen LogP contribution in [0, 0.1) is 6.92 Å². The highest BCUT2D eigenvalue weighted by Gasteiger charge is 2.09. The monoisotopic (exact) mass is 294 g/mol. The van der Waals surface area contributed by atoms with Crippen molar-refractivity contribution in [3.8, 4) is 22.6 Å². The van der Waals surface area contributed by atoms with E-state index >= 15 is 0 Å². The van der Waals surface area contributed by atoms with Crippen molar-refractivity contribution in [1.29, 1.82) is 0 Å². The van der Waals surface area contributed by atoms with Gasteiger partial charge in [0.15, 0.2) is 0 Å². The van der Waals surface area contributed by atoms with E-state index in [-0.39, 0.29) is 6.10 Å². The van der Waals surface area contributed by atoms with Crippen LogP contribution in [0.25, 0.3) is 22.6 Å². The summed E-state index contributed by atoms with van der Waals surface area (Å²) >= 11 is 0. The molecule has 2 aromatic carbocycles. The molecule has 0 fully saturated rings. The van der Waals surface area contributed by atoms with Gasteiger partial charge in [-0.2, -0.15) is 0 Å². The molecule has 4 heteroatoms. The first-order valence-corrected chi connectivity index (χ1v) is 7.21. The standard InChI is InChI=1S/C18H18N2O2/c1-12(21-3)14-6-4-7-15(10-14)16-8-5-9-17(11-16)18-20-19-13(2)22-18/h4-12H,1-3H3/t12-/m1/s1. The van der Waals surface area contributed by atoms with Gasteiger partial charge in [0.05, 0.1) is 6.10 Å². The lowest BCUT2D eigenvalue weighted by Crippen LogP contribution is -1.95. The molecule has 0 spiro atoms. The van der Waals surface area contributed by atoms with Gasteiger partial charge in [0.1, 0.15) is 0 Å². The maximum atomic E-state index is 5.50. The van der Waals surface area contributed by atoms with Gasteiger partial charge in [0, 0.05) is 19.6 Å². The summed E-state index contributed by atoms with van der Waals surface area (Å²) in [5.74, 6) is 1.11. The lowest BCUT2D eigenvalue weighted by Gasteiger charge is -2.11. The average Bonchev–Trinajstić information content (AvgIpc) is 3.01. The third-order valence-electron chi connectivity index (χ3n) is 3.68. The highest BCUT2D eigenvalue weighted by molar-refractivity contribution is 5.70. The fourth-order valence-corrected chi connectivity index (χ4v) is 2.35. The van der Waals surface area contributed by atoms with Crippen LogP contribution < -0.4 is 0 Å². The molecule has 0 bridgehead atoms. The second kappa shape index (κ2) is 6.12. The first-order valence-electron chi connectivity index (χ1n) is 7.21. The third kappa shape index (κ3) is 2.92. The molecule has 0 saturated heterocycles. The van der Waals surface area contributed by atoms with Crippen LogP contribution in [0.5, 0.6) is 0 Å². The molecule has 0 aliphatic heterocycles. The van der Waals surface area contributed by atoms with Crippen LogP contribution >= 0.6 is 0 Å². The minimum atomic E-state index is 0.0710. The number of benzene rings is 2. The molecule has 0 aliphatic rings. The van der Waals surface area contributed by atoms with E-state index < -0.39 is 0 Å². The van der Waals surface area contributed by atoms with Crippen molar-refractivity contribution < 1.29 is 9.15 Å². The number of methoxy groups -OCH3 is 1. The number of ether oxygens (including phenoxy) is 1. The largest absolute Gasteiger partial charge is 0.421 e. The zero-order valence-corrected chi connectivity index (χ0v) is 12.9. The van der Waals surface area contributed by atoms with Crippen LogP contribution in [-0.2, 0) is 4.74 Å². The molecule has 3 rings (SSSR count). The Morgan fingerprint density at radius 3 is 2.32 bits per heavy atom. The van der Waals surface area contributed by atoms with E-state index in [4.69, 9.17) is 9.15 Å². The van der Waals surface area contributed by atoms with Crippen molar-refractivity contribution in [2.24, 2.45) is 0 Å². The average molecular weight is 294 g/mol. The van der Waals surface area contributed by atoms with E-state index in [0.717, 1.165) is 22.3 Å². The number of aromatic nitrogens is 2. The van der Waals surface area contributed by atoms with E-state index in [1.54, 1.807) is 14.0 Å². The smallest absolute Gasteiger partial charge is 0.247 e. The predicted octanol–water partition coefficient (Wildman–Crippen LogP) is 4.42. The third-order valence-corrected chi connectivity index (χ3v) is 3.68. The maximum absolute atomic E-state index is 5.50. The lowest BCUT2D eigenvalue weighted by atomic mass is 9.99.